The van der Waals surface area contributed by atoms with Crippen molar-refractivity contribution in [1.29, 1.82) is 0 Å². The molecule has 0 aliphatic carbocycles. The standard InChI is InChI=1S/C13H15F2NO2/c14-11-6-7-16(8-12(11)15)13(17)18-9-10-4-2-1-3-5-10/h1-5,11-12H,6-9H2. The Morgan fingerprint density at radius 3 is 2.67 bits per heavy atom. The summed E-state index contributed by atoms with van der Waals surface area (Å²) in [6.07, 6.45) is -3.64. The Morgan fingerprint density at radius 2 is 2.00 bits per heavy atom. The van der Waals surface area contributed by atoms with Crippen molar-refractivity contribution < 1.29 is 18.3 Å². The first-order valence-electron chi connectivity index (χ1n) is 5.90. The number of rotatable bonds is 2. The summed E-state index contributed by atoms with van der Waals surface area (Å²) in [5.74, 6) is 0. The fourth-order valence-electron chi connectivity index (χ4n) is 1.85. The normalized spacial score (nSPS) is 23.8. The number of amides is 1. The quantitative estimate of drug-likeness (QED) is 0.813. The van der Waals surface area contributed by atoms with Gasteiger partial charge in [-0.25, -0.2) is 13.6 Å². The van der Waals surface area contributed by atoms with Gasteiger partial charge >= 0.3 is 6.09 Å². The van der Waals surface area contributed by atoms with E-state index >= 15 is 0 Å². The zero-order valence-corrected chi connectivity index (χ0v) is 9.89. The molecule has 0 aromatic heterocycles. The van der Waals surface area contributed by atoms with Crippen LogP contribution in [-0.4, -0.2) is 36.4 Å². The third-order valence-electron chi connectivity index (χ3n) is 2.93. The molecule has 2 atom stereocenters. The molecule has 0 saturated carbocycles. The number of piperidine rings is 1. The number of hydrogen-bond acceptors (Lipinski definition) is 2. The van der Waals surface area contributed by atoms with E-state index in [1.807, 2.05) is 30.3 Å². The molecular weight excluding hydrogens is 240 g/mol. The number of nitrogens with zero attached hydrogens (tertiary/aromatic N) is 1. The van der Waals surface area contributed by atoms with Gasteiger partial charge in [-0.1, -0.05) is 30.3 Å². The minimum absolute atomic E-state index is 0.0294. The van der Waals surface area contributed by atoms with Gasteiger partial charge in [0, 0.05) is 6.54 Å². The highest BCUT2D eigenvalue weighted by atomic mass is 19.2. The molecule has 1 amide bonds. The molecule has 0 spiro atoms. The number of carbonyl (C=O) groups is 1. The largest absolute Gasteiger partial charge is 0.445 e. The highest BCUT2D eigenvalue weighted by Crippen LogP contribution is 2.18. The summed E-state index contributed by atoms with van der Waals surface area (Å²) < 4.78 is 31.1. The van der Waals surface area contributed by atoms with Gasteiger partial charge in [-0.05, 0) is 12.0 Å². The Kier molecular flexibility index (Phi) is 4.12. The molecule has 1 heterocycles. The van der Waals surface area contributed by atoms with Gasteiger partial charge in [-0.15, -0.1) is 0 Å². The topological polar surface area (TPSA) is 29.5 Å². The van der Waals surface area contributed by atoms with Crippen molar-refractivity contribution in [2.24, 2.45) is 0 Å². The van der Waals surface area contributed by atoms with Crippen LogP contribution < -0.4 is 0 Å². The van der Waals surface area contributed by atoms with E-state index in [1.54, 1.807) is 0 Å². The molecule has 5 heteroatoms. The smallest absolute Gasteiger partial charge is 0.410 e. The van der Waals surface area contributed by atoms with E-state index in [-0.39, 0.29) is 26.1 Å². The lowest BCUT2D eigenvalue weighted by Crippen LogP contribution is -2.46. The third-order valence-corrected chi connectivity index (χ3v) is 2.93. The Bertz CT molecular complexity index is 399. The first-order valence-corrected chi connectivity index (χ1v) is 5.90. The van der Waals surface area contributed by atoms with Gasteiger partial charge in [0.15, 0.2) is 0 Å². The van der Waals surface area contributed by atoms with Gasteiger partial charge in [0.25, 0.3) is 0 Å². The van der Waals surface area contributed by atoms with Crippen molar-refractivity contribution in [1.82, 2.24) is 4.90 Å². The summed E-state index contributed by atoms with van der Waals surface area (Å²) >= 11 is 0. The monoisotopic (exact) mass is 255 g/mol. The number of hydrogen-bond donors (Lipinski definition) is 0. The van der Waals surface area contributed by atoms with Gasteiger partial charge in [0.2, 0.25) is 0 Å². The van der Waals surface area contributed by atoms with Crippen LogP contribution in [0.25, 0.3) is 0 Å². The SMILES string of the molecule is O=C(OCc1ccccc1)N1CCC(F)C(F)C1. The van der Waals surface area contributed by atoms with Gasteiger partial charge < -0.3 is 9.64 Å². The van der Waals surface area contributed by atoms with E-state index in [0.29, 0.717) is 0 Å². The van der Waals surface area contributed by atoms with E-state index in [1.165, 1.54) is 4.90 Å². The lowest BCUT2D eigenvalue weighted by molar-refractivity contribution is 0.0396. The molecule has 0 radical (unpaired) electrons. The fourth-order valence-corrected chi connectivity index (χ4v) is 1.85. The molecule has 0 N–H and O–H groups in total. The minimum atomic E-state index is -1.61. The van der Waals surface area contributed by atoms with Crippen molar-refractivity contribution >= 4 is 6.09 Å². The summed E-state index contributed by atoms with van der Waals surface area (Å²) in [7, 11) is 0. The highest BCUT2D eigenvalue weighted by Gasteiger charge is 2.32. The molecule has 98 valence electrons. The average molecular weight is 255 g/mol. The molecule has 1 aliphatic heterocycles. The Morgan fingerprint density at radius 1 is 1.28 bits per heavy atom. The fraction of sp³-hybridized carbons (Fsp3) is 0.462. The first-order chi connectivity index (χ1) is 8.66. The minimum Gasteiger partial charge on any atom is -0.445 e. The van der Waals surface area contributed by atoms with Gasteiger partial charge in [-0.3, -0.25) is 0 Å². The van der Waals surface area contributed by atoms with Crippen molar-refractivity contribution in [3.05, 3.63) is 35.9 Å². The van der Waals surface area contributed by atoms with E-state index in [0.717, 1.165) is 5.56 Å². The molecular formula is C13H15F2NO2. The maximum absolute atomic E-state index is 13.1. The molecule has 2 rings (SSSR count). The highest BCUT2D eigenvalue weighted by molar-refractivity contribution is 5.67. The summed E-state index contributed by atoms with van der Waals surface area (Å²) in [5, 5.41) is 0. The first kappa shape index (κ1) is 12.8. The van der Waals surface area contributed by atoms with Crippen LogP contribution in [0.2, 0.25) is 0 Å². The molecule has 2 unspecified atom stereocenters. The van der Waals surface area contributed by atoms with Crippen molar-refractivity contribution in [3.8, 4) is 0 Å². The maximum Gasteiger partial charge on any atom is 0.410 e. The second-order valence-electron chi connectivity index (χ2n) is 4.31. The second kappa shape index (κ2) is 5.80. The van der Waals surface area contributed by atoms with E-state index in [2.05, 4.69) is 0 Å². The molecule has 1 aromatic carbocycles. The van der Waals surface area contributed by atoms with Crippen LogP contribution in [0, 0.1) is 0 Å². The number of alkyl halides is 2. The summed E-state index contributed by atoms with van der Waals surface area (Å²) in [5.41, 5.74) is 0.864. The maximum atomic E-state index is 13.1. The number of benzene rings is 1. The number of ether oxygens (including phenoxy) is 1. The van der Waals surface area contributed by atoms with E-state index in [9.17, 15) is 13.6 Å². The lowest BCUT2D eigenvalue weighted by Gasteiger charge is -2.30. The van der Waals surface area contributed by atoms with Crippen LogP contribution >= 0.6 is 0 Å². The van der Waals surface area contributed by atoms with Crippen molar-refractivity contribution in [2.75, 3.05) is 13.1 Å². The Hall–Kier alpha value is -1.65. The van der Waals surface area contributed by atoms with Crippen LogP contribution in [0.5, 0.6) is 0 Å². The number of halogens is 2. The van der Waals surface area contributed by atoms with Gasteiger partial charge in [0.1, 0.15) is 19.0 Å². The van der Waals surface area contributed by atoms with Crippen LogP contribution in [0.15, 0.2) is 30.3 Å². The van der Waals surface area contributed by atoms with Crippen LogP contribution in [0.3, 0.4) is 0 Å². The van der Waals surface area contributed by atoms with Gasteiger partial charge in [0.05, 0.1) is 6.54 Å². The molecule has 1 saturated heterocycles. The summed E-state index contributed by atoms with van der Waals surface area (Å²) in [4.78, 5) is 12.9. The Balaban J connectivity index is 1.82. The zero-order chi connectivity index (χ0) is 13.0. The molecule has 0 bridgehead atoms. The Labute approximate surface area is 104 Å². The van der Waals surface area contributed by atoms with Crippen LogP contribution in [-0.2, 0) is 11.3 Å². The summed E-state index contributed by atoms with van der Waals surface area (Å²) in [6.45, 7) is 0.121. The predicted octanol–water partition coefficient (Wildman–Crippen LogP) is 2.71. The molecule has 1 aliphatic rings. The molecule has 1 fully saturated rings. The average Bonchev–Trinajstić information content (AvgIpc) is 2.40. The molecule has 18 heavy (non-hydrogen) atoms. The van der Waals surface area contributed by atoms with E-state index in [4.69, 9.17) is 4.74 Å². The van der Waals surface area contributed by atoms with Crippen molar-refractivity contribution in [3.63, 3.8) is 0 Å². The third kappa shape index (κ3) is 3.18. The molecule has 1 aromatic rings. The van der Waals surface area contributed by atoms with Crippen LogP contribution in [0.4, 0.5) is 13.6 Å². The number of likely N-dealkylation sites (tertiary alicyclic amines) is 1. The van der Waals surface area contributed by atoms with E-state index < -0.39 is 18.4 Å². The lowest BCUT2D eigenvalue weighted by atomic mass is 10.1. The second-order valence-corrected chi connectivity index (χ2v) is 4.31. The van der Waals surface area contributed by atoms with Crippen LogP contribution in [0.1, 0.15) is 12.0 Å². The van der Waals surface area contributed by atoms with Gasteiger partial charge in [-0.2, -0.15) is 0 Å². The molecule has 3 nitrogen and oxygen atoms in total. The summed E-state index contributed by atoms with van der Waals surface area (Å²) in [6, 6.07) is 9.22. The zero-order valence-electron chi connectivity index (χ0n) is 9.89. The predicted molar refractivity (Wildman–Crippen MR) is 62.6 cm³/mol. The number of carbonyl (C=O) groups excluding carboxylic acids is 1. The van der Waals surface area contributed by atoms with Crippen molar-refractivity contribution in [2.45, 2.75) is 25.4 Å².